The van der Waals surface area contributed by atoms with Crippen LogP contribution in [0.4, 0.5) is 0 Å². The lowest BCUT2D eigenvalue weighted by Gasteiger charge is -2.15. The van der Waals surface area contributed by atoms with Crippen molar-refractivity contribution in [2.24, 2.45) is 0 Å². The number of ether oxygens (including phenoxy) is 1. The molecule has 1 rings (SSSR count). The molecule has 20 heavy (non-hydrogen) atoms. The number of halogens is 1. The van der Waals surface area contributed by atoms with Gasteiger partial charge in [0.15, 0.2) is 0 Å². The highest BCUT2D eigenvalue weighted by Crippen LogP contribution is 2.16. The second-order valence-corrected chi connectivity index (χ2v) is 5.51. The maximum Gasteiger partial charge on any atom is 0.220 e. The van der Waals surface area contributed by atoms with Crippen LogP contribution in [0.5, 0.6) is 5.75 Å². The summed E-state index contributed by atoms with van der Waals surface area (Å²) in [6.07, 6.45) is 2.56. The van der Waals surface area contributed by atoms with Crippen molar-refractivity contribution in [3.05, 3.63) is 28.7 Å². The molecule has 0 bridgehead atoms. The minimum absolute atomic E-state index is 0.0182. The van der Waals surface area contributed by atoms with Crippen LogP contribution >= 0.6 is 15.9 Å². The minimum atomic E-state index is 0.0182. The van der Waals surface area contributed by atoms with Crippen molar-refractivity contribution in [1.29, 1.82) is 0 Å². The Labute approximate surface area is 128 Å². The van der Waals surface area contributed by atoms with Crippen LogP contribution in [0.2, 0.25) is 0 Å². The van der Waals surface area contributed by atoms with Crippen LogP contribution in [0.3, 0.4) is 0 Å². The summed E-state index contributed by atoms with van der Waals surface area (Å²) in [4.78, 5) is 11.7. The second-order valence-electron chi connectivity index (χ2n) is 4.59. The lowest BCUT2D eigenvalue weighted by molar-refractivity contribution is -0.122. The summed E-state index contributed by atoms with van der Waals surface area (Å²) < 4.78 is 6.56. The van der Waals surface area contributed by atoms with E-state index in [4.69, 9.17) is 9.84 Å². The van der Waals surface area contributed by atoms with Gasteiger partial charge in [0.1, 0.15) is 5.75 Å². The topological polar surface area (TPSA) is 58.6 Å². The van der Waals surface area contributed by atoms with Crippen molar-refractivity contribution in [3.8, 4) is 5.75 Å². The Bertz CT molecular complexity index is 395. The monoisotopic (exact) mass is 343 g/mol. The van der Waals surface area contributed by atoms with Gasteiger partial charge in [-0.3, -0.25) is 4.79 Å². The van der Waals surface area contributed by atoms with Gasteiger partial charge in [0.25, 0.3) is 0 Å². The van der Waals surface area contributed by atoms with Gasteiger partial charge in [0.05, 0.1) is 6.61 Å². The van der Waals surface area contributed by atoms with E-state index in [1.165, 1.54) is 0 Å². The summed E-state index contributed by atoms with van der Waals surface area (Å²) in [6, 6.07) is 7.68. The molecule has 1 aromatic rings. The molecule has 2 N–H and O–H groups in total. The maximum atomic E-state index is 11.7. The zero-order chi connectivity index (χ0) is 14.8. The fraction of sp³-hybridized carbons (Fsp3) is 0.533. The van der Waals surface area contributed by atoms with E-state index in [0.29, 0.717) is 25.9 Å². The largest absolute Gasteiger partial charge is 0.494 e. The van der Waals surface area contributed by atoms with Crippen LogP contribution in [-0.2, 0) is 4.79 Å². The van der Waals surface area contributed by atoms with E-state index in [0.717, 1.165) is 16.6 Å². The summed E-state index contributed by atoms with van der Waals surface area (Å²) in [5, 5.41) is 11.8. The molecule has 1 unspecified atom stereocenters. The first-order chi connectivity index (χ1) is 9.65. The fourth-order valence-electron chi connectivity index (χ4n) is 1.79. The molecule has 0 aliphatic heterocycles. The summed E-state index contributed by atoms with van der Waals surface area (Å²) in [7, 11) is 0. The van der Waals surface area contributed by atoms with Gasteiger partial charge in [0.2, 0.25) is 5.91 Å². The number of carbonyl (C=O) groups is 1. The zero-order valence-electron chi connectivity index (χ0n) is 11.8. The number of carbonyl (C=O) groups excluding carboxylic acids is 1. The van der Waals surface area contributed by atoms with E-state index < -0.39 is 0 Å². The molecule has 0 saturated carbocycles. The van der Waals surface area contributed by atoms with Crippen molar-refractivity contribution in [2.75, 3.05) is 13.2 Å². The highest BCUT2D eigenvalue weighted by Gasteiger charge is 2.09. The number of nitrogens with one attached hydrogen (secondary N) is 1. The van der Waals surface area contributed by atoms with E-state index in [-0.39, 0.29) is 18.6 Å². The molecule has 0 spiro atoms. The van der Waals surface area contributed by atoms with Gasteiger partial charge in [0, 0.05) is 23.5 Å². The Morgan fingerprint density at radius 2 is 2.10 bits per heavy atom. The van der Waals surface area contributed by atoms with Crippen molar-refractivity contribution in [1.82, 2.24) is 5.32 Å². The average molecular weight is 344 g/mol. The molecule has 0 radical (unpaired) electrons. The van der Waals surface area contributed by atoms with Crippen LogP contribution in [0.15, 0.2) is 28.7 Å². The summed E-state index contributed by atoms with van der Waals surface area (Å²) in [6.45, 7) is 2.62. The molecule has 0 aliphatic rings. The van der Waals surface area contributed by atoms with E-state index in [9.17, 15) is 4.79 Å². The van der Waals surface area contributed by atoms with Crippen LogP contribution in [0.25, 0.3) is 0 Å². The summed E-state index contributed by atoms with van der Waals surface area (Å²) >= 11 is 3.36. The highest BCUT2D eigenvalue weighted by atomic mass is 79.9. The molecular formula is C15H22BrNO3. The number of benzene rings is 1. The van der Waals surface area contributed by atoms with Crippen LogP contribution in [0.1, 0.15) is 32.6 Å². The molecule has 0 heterocycles. The van der Waals surface area contributed by atoms with E-state index in [1.807, 2.05) is 31.2 Å². The lowest BCUT2D eigenvalue weighted by atomic mass is 10.1. The Kier molecular flexibility index (Phi) is 8.30. The molecule has 5 heteroatoms. The first kappa shape index (κ1) is 17.0. The van der Waals surface area contributed by atoms with Crippen molar-refractivity contribution in [2.45, 2.75) is 38.6 Å². The molecule has 0 fully saturated rings. The Morgan fingerprint density at radius 1 is 1.40 bits per heavy atom. The van der Waals surface area contributed by atoms with Gasteiger partial charge in [-0.2, -0.15) is 0 Å². The normalized spacial score (nSPS) is 11.9. The number of hydrogen-bond donors (Lipinski definition) is 2. The molecule has 1 atom stereocenters. The van der Waals surface area contributed by atoms with Gasteiger partial charge in [-0.05, 0) is 43.5 Å². The highest BCUT2D eigenvalue weighted by molar-refractivity contribution is 9.10. The number of rotatable bonds is 9. The molecule has 1 aromatic carbocycles. The first-order valence-corrected chi connectivity index (χ1v) is 7.73. The van der Waals surface area contributed by atoms with Crippen LogP contribution < -0.4 is 10.1 Å². The lowest BCUT2D eigenvalue weighted by Crippen LogP contribution is -2.35. The zero-order valence-corrected chi connectivity index (χ0v) is 13.4. The molecular weight excluding hydrogens is 322 g/mol. The number of hydrogen-bond acceptors (Lipinski definition) is 3. The third kappa shape index (κ3) is 6.91. The van der Waals surface area contributed by atoms with Gasteiger partial charge < -0.3 is 15.2 Å². The summed E-state index contributed by atoms with van der Waals surface area (Å²) in [5.74, 6) is 0.824. The minimum Gasteiger partial charge on any atom is -0.494 e. The standard InChI is InChI=1S/C15H22BrNO3/c1-2-13(9-10-18)17-15(19)4-3-11-20-14-7-5-12(16)6-8-14/h5-8,13,18H,2-4,9-11H2,1H3,(H,17,19). The van der Waals surface area contributed by atoms with Crippen molar-refractivity contribution < 1.29 is 14.6 Å². The van der Waals surface area contributed by atoms with Gasteiger partial charge in [-0.1, -0.05) is 22.9 Å². The third-order valence-electron chi connectivity index (χ3n) is 2.97. The Balaban J connectivity index is 2.17. The van der Waals surface area contributed by atoms with Crippen molar-refractivity contribution in [3.63, 3.8) is 0 Å². The Morgan fingerprint density at radius 3 is 2.70 bits per heavy atom. The second kappa shape index (κ2) is 9.77. The van der Waals surface area contributed by atoms with Gasteiger partial charge in [-0.25, -0.2) is 0 Å². The van der Waals surface area contributed by atoms with E-state index in [2.05, 4.69) is 21.2 Å². The average Bonchev–Trinajstić information content (AvgIpc) is 2.45. The predicted molar refractivity (Wildman–Crippen MR) is 82.8 cm³/mol. The fourth-order valence-corrected chi connectivity index (χ4v) is 2.05. The third-order valence-corrected chi connectivity index (χ3v) is 3.49. The molecule has 4 nitrogen and oxygen atoms in total. The Hall–Kier alpha value is -1.07. The molecule has 0 aliphatic carbocycles. The molecule has 1 amide bonds. The quantitative estimate of drug-likeness (QED) is 0.678. The molecule has 0 saturated heterocycles. The number of amides is 1. The van der Waals surface area contributed by atoms with Crippen LogP contribution in [-0.4, -0.2) is 30.3 Å². The van der Waals surface area contributed by atoms with Crippen molar-refractivity contribution >= 4 is 21.8 Å². The molecule has 112 valence electrons. The van der Waals surface area contributed by atoms with Crippen LogP contribution in [0, 0.1) is 0 Å². The maximum absolute atomic E-state index is 11.7. The summed E-state index contributed by atoms with van der Waals surface area (Å²) in [5.41, 5.74) is 0. The smallest absolute Gasteiger partial charge is 0.220 e. The van der Waals surface area contributed by atoms with E-state index >= 15 is 0 Å². The van der Waals surface area contributed by atoms with E-state index in [1.54, 1.807) is 0 Å². The molecule has 0 aromatic heterocycles. The van der Waals surface area contributed by atoms with Gasteiger partial charge >= 0.3 is 0 Å². The number of aliphatic hydroxyl groups is 1. The number of aliphatic hydroxyl groups excluding tert-OH is 1. The van der Waals surface area contributed by atoms with Gasteiger partial charge in [-0.15, -0.1) is 0 Å². The SMILES string of the molecule is CCC(CCO)NC(=O)CCCOc1ccc(Br)cc1. The predicted octanol–water partition coefficient (Wildman–Crippen LogP) is 2.89. The first-order valence-electron chi connectivity index (χ1n) is 6.94.